The monoisotopic (exact) mass is 304 g/mol. The number of hydrogen-bond acceptors (Lipinski definition) is 2. The molecule has 0 saturated carbocycles. The Morgan fingerprint density at radius 1 is 1.25 bits per heavy atom. The first-order chi connectivity index (χ1) is 7.73. The van der Waals surface area contributed by atoms with Crippen LogP contribution >= 0.6 is 23.3 Å². The van der Waals surface area contributed by atoms with Crippen molar-refractivity contribution in [3.8, 4) is 0 Å². The van der Waals surface area contributed by atoms with Gasteiger partial charge in [0.05, 0.1) is 6.61 Å². The second-order valence-electron chi connectivity index (χ2n) is 3.55. The lowest BCUT2D eigenvalue weighted by Crippen LogP contribution is -2.10. The predicted molar refractivity (Wildman–Crippen MR) is 73.2 cm³/mol. The molecule has 90 valence electrons. The molecule has 0 fully saturated rings. The summed E-state index contributed by atoms with van der Waals surface area (Å²) >= 11 is 3.38. The van der Waals surface area contributed by atoms with Crippen molar-refractivity contribution in [1.82, 2.24) is 0 Å². The fourth-order valence-electron chi connectivity index (χ4n) is 1.55. The van der Waals surface area contributed by atoms with Crippen LogP contribution in [-0.4, -0.2) is 18.1 Å². The predicted octanol–water partition coefficient (Wildman–Crippen LogP) is 3.80. The molecule has 0 aliphatic carbocycles. The van der Waals surface area contributed by atoms with Gasteiger partial charge in [-0.25, -0.2) is 0 Å². The third-order valence-corrected chi connectivity index (χ3v) is 5.55. The van der Waals surface area contributed by atoms with Gasteiger partial charge in [0, 0.05) is 16.8 Å². The molecule has 4 heteroatoms. The average Bonchev–Trinajstić information content (AvgIpc) is 2.31. The largest absolute Gasteiger partial charge is 0.326 e. The third kappa shape index (κ3) is 4.04. The minimum Gasteiger partial charge on any atom is -0.326 e. The summed E-state index contributed by atoms with van der Waals surface area (Å²) in [6.45, 7) is 2.39. The molecular formula is C12H18BrO2P. The quantitative estimate of drug-likeness (QED) is 0.435. The van der Waals surface area contributed by atoms with E-state index in [4.69, 9.17) is 4.52 Å². The maximum atomic E-state index is 12.7. The van der Waals surface area contributed by atoms with Crippen molar-refractivity contribution in [3.05, 3.63) is 30.3 Å². The Labute approximate surface area is 106 Å². The summed E-state index contributed by atoms with van der Waals surface area (Å²) < 4.78 is 18.2. The zero-order valence-corrected chi connectivity index (χ0v) is 12.0. The lowest BCUT2D eigenvalue weighted by molar-refractivity contribution is 0.340. The molecule has 1 aromatic rings. The fourth-order valence-corrected chi connectivity index (χ4v) is 4.16. The summed E-state index contributed by atoms with van der Waals surface area (Å²) in [6, 6.07) is 9.53. The molecule has 0 aliphatic rings. The highest BCUT2D eigenvalue weighted by molar-refractivity contribution is 9.09. The first-order valence-electron chi connectivity index (χ1n) is 5.58. The van der Waals surface area contributed by atoms with E-state index in [1.54, 1.807) is 0 Å². The van der Waals surface area contributed by atoms with Crippen LogP contribution in [0.3, 0.4) is 0 Å². The highest BCUT2D eigenvalue weighted by Crippen LogP contribution is 2.46. The second-order valence-corrected chi connectivity index (χ2v) is 6.91. The maximum Gasteiger partial charge on any atom is 0.232 e. The van der Waals surface area contributed by atoms with E-state index < -0.39 is 7.37 Å². The molecule has 0 aliphatic heterocycles. The van der Waals surface area contributed by atoms with Gasteiger partial charge >= 0.3 is 0 Å². The van der Waals surface area contributed by atoms with Gasteiger partial charge in [-0.2, -0.15) is 0 Å². The second kappa shape index (κ2) is 7.26. The smallest absolute Gasteiger partial charge is 0.232 e. The highest BCUT2D eigenvalue weighted by atomic mass is 79.9. The van der Waals surface area contributed by atoms with Crippen LogP contribution in [0.1, 0.15) is 19.8 Å². The number of rotatable bonds is 7. The van der Waals surface area contributed by atoms with Crippen molar-refractivity contribution in [2.24, 2.45) is 0 Å². The lowest BCUT2D eigenvalue weighted by Gasteiger charge is -2.17. The van der Waals surface area contributed by atoms with E-state index in [-0.39, 0.29) is 0 Å². The van der Waals surface area contributed by atoms with Gasteiger partial charge in [-0.1, -0.05) is 34.1 Å². The summed E-state index contributed by atoms with van der Waals surface area (Å²) in [4.78, 5) is 0. The van der Waals surface area contributed by atoms with Gasteiger partial charge in [0.25, 0.3) is 0 Å². The van der Waals surface area contributed by atoms with E-state index in [0.717, 1.165) is 23.5 Å². The maximum absolute atomic E-state index is 12.7. The zero-order chi connectivity index (χ0) is 11.9. The van der Waals surface area contributed by atoms with Crippen LogP contribution in [0.4, 0.5) is 0 Å². The number of hydrogen-bond donors (Lipinski definition) is 0. The number of alkyl halides is 1. The molecule has 1 unspecified atom stereocenters. The van der Waals surface area contributed by atoms with Gasteiger partial charge in [-0.3, -0.25) is 4.57 Å². The third-order valence-electron chi connectivity index (χ3n) is 2.32. The SMILES string of the molecule is CCOP(=O)(CCCCBr)c1ccccc1. The van der Waals surface area contributed by atoms with Gasteiger partial charge in [-0.15, -0.1) is 0 Å². The normalized spacial score (nSPS) is 14.6. The number of unbranched alkanes of at least 4 members (excludes halogenated alkanes) is 1. The lowest BCUT2D eigenvalue weighted by atomic mass is 10.4. The Bertz CT molecular complexity index is 340. The van der Waals surface area contributed by atoms with Crippen LogP contribution in [0, 0.1) is 0 Å². The summed E-state index contributed by atoms with van der Waals surface area (Å²) in [5.41, 5.74) is 0. The van der Waals surface area contributed by atoms with E-state index in [9.17, 15) is 4.57 Å². The molecule has 0 spiro atoms. The molecule has 16 heavy (non-hydrogen) atoms. The van der Waals surface area contributed by atoms with Gasteiger partial charge in [-0.05, 0) is 31.9 Å². The van der Waals surface area contributed by atoms with Crippen molar-refractivity contribution in [3.63, 3.8) is 0 Å². The van der Waals surface area contributed by atoms with Gasteiger partial charge in [0.15, 0.2) is 0 Å². The van der Waals surface area contributed by atoms with Gasteiger partial charge in [0.1, 0.15) is 0 Å². The van der Waals surface area contributed by atoms with Crippen molar-refractivity contribution in [2.45, 2.75) is 19.8 Å². The molecule has 0 radical (unpaired) electrons. The minimum atomic E-state index is -2.62. The molecule has 1 aromatic carbocycles. The minimum absolute atomic E-state index is 0.500. The van der Waals surface area contributed by atoms with Crippen LogP contribution in [-0.2, 0) is 9.09 Å². The van der Waals surface area contributed by atoms with Crippen molar-refractivity contribution in [2.75, 3.05) is 18.1 Å². The Balaban J connectivity index is 2.76. The molecule has 0 heterocycles. The Morgan fingerprint density at radius 3 is 2.50 bits per heavy atom. The molecule has 0 aromatic heterocycles. The van der Waals surface area contributed by atoms with E-state index in [0.29, 0.717) is 12.8 Å². The number of halogens is 1. The first kappa shape index (κ1) is 14.0. The Kier molecular flexibility index (Phi) is 6.33. The van der Waals surface area contributed by atoms with E-state index >= 15 is 0 Å². The Hall–Kier alpha value is -0.110. The highest BCUT2D eigenvalue weighted by Gasteiger charge is 2.24. The van der Waals surface area contributed by atoms with Crippen molar-refractivity contribution >= 4 is 28.6 Å². The molecule has 0 bridgehead atoms. The zero-order valence-electron chi connectivity index (χ0n) is 9.56. The average molecular weight is 305 g/mol. The summed E-state index contributed by atoms with van der Waals surface area (Å²) in [6.07, 6.45) is 2.60. The van der Waals surface area contributed by atoms with Crippen LogP contribution < -0.4 is 5.30 Å². The van der Waals surface area contributed by atoms with Crippen LogP contribution in [0.15, 0.2) is 30.3 Å². The molecular weight excluding hydrogens is 287 g/mol. The number of benzene rings is 1. The first-order valence-corrected chi connectivity index (χ1v) is 8.51. The van der Waals surface area contributed by atoms with Crippen LogP contribution in [0.5, 0.6) is 0 Å². The van der Waals surface area contributed by atoms with Crippen molar-refractivity contribution < 1.29 is 9.09 Å². The fraction of sp³-hybridized carbons (Fsp3) is 0.500. The molecule has 0 saturated heterocycles. The molecule has 0 amide bonds. The van der Waals surface area contributed by atoms with Crippen molar-refractivity contribution in [1.29, 1.82) is 0 Å². The van der Waals surface area contributed by atoms with E-state index in [1.165, 1.54) is 0 Å². The molecule has 1 rings (SSSR count). The van der Waals surface area contributed by atoms with Gasteiger partial charge in [0.2, 0.25) is 7.37 Å². The van der Waals surface area contributed by atoms with Crippen LogP contribution in [0.25, 0.3) is 0 Å². The van der Waals surface area contributed by atoms with Crippen LogP contribution in [0.2, 0.25) is 0 Å². The standard InChI is InChI=1S/C12H18BrO2P/c1-2-15-16(14,11-7-6-10-13)12-8-4-3-5-9-12/h3-5,8-9H,2,6-7,10-11H2,1H3. The molecule has 2 nitrogen and oxygen atoms in total. The summed E-state index contributed by atoms with van der Waals surface area (Å²) in [5, 5.41) is 1.79. The summed E-state index contributed by atoms with van der Waals surface area (Å²) in [7, 11) is -2.62. The molecule has 1 atom stereocenters. The van der Waals surface area contributed by atoms with Gasteiger partial charge < -0.3 is 4.52 Å². The topological polar surface area (TPSA) is 26.3 Å². The van der Waals surface area contributed by atoms with E-state index in [2.05, 4.69) is 15.9 Å². The summed E-state index contributed by atoms with van der Waals surface area (Å²) in [5.74, 6) is 0. The molecule has 0 N–H and O–H groups in total. The van der Waals surface area contributed by atoms with E-state index in [1.807, 2.05) is 37.3 Å². The Morgan fingerprint density at radius 2 is 1.94 bits per heavy atom.